The van der Waals surface area contributed by atoms with Gasteiger partial charge in [-0.2, -0.15) is 0 Å². The molecule has 3 heterocycles. The van der Waals surface area contributed by atoms with E-state index in [4.69, 9.17) is 9.72 Å². The molecule has 1 aromatic heterocycles. The van der Waals surface area contributed by atoms with Gasteiger partial charge in [0.2, 0.25) is 0 Å². The third-order valence-corrected chi connectivity index (χ3v) is 7.40. The van der Waals surface area contributed by atoms with Crippen LogP contribution in [-0.2, 0) is 10.5 Å². The number of anilines is 2. The van der Waals surface area contributed by atoms with Crippen LogP contribution in [0.2, 0.25) is 0 Å². The molecule has 0 saturated carbocycles. The van der Waals surface area contributed by atoms with E-state index in [2.05, 4.69) is 14.8 Å². The summed E-state index contributed by atoms with van der Waals surface area (Å²) in [7, 11) is 0. The van der Waals surface area contributed by atoms with Crippen LogP contribution in [0.1, 0.15) is 21.6 Å². The van der Waals surface area contributed by atoms with Crippen molar-refractivity contribution in [3.8, 4) is 0 Å². The zero-order chi connectivity index (χ0) is 24.9. The number of aryl methyl sites for hydroxylation is 1. The van der Waals surface area contributed by atoms with Crippen molar-refractivity contribution in [1.82, 2.24) is 14.9 Å². The van der Waals surface area contributed by atoms with Crippen LogP contribution < -0.4 is 9.80 Å². The van der Waals surface area contributed by atoms with Gasteiger partial charge in [0.25, 0.3) is 5.91 Å². The van der Waals surface area contributed by atoms with Crippen LogP contribution in [0.25, 0.3) is 0 Å². The number of morpholine rings is 1. The molecule has 9 heteroatoms. The Labute approximate surface area is 215 Å². The van der Waals surface area contributed by atoms with E-state index in [1.54, 1.807) is 17.8 Å². The number of benzene rings is 2. The van der Waals surface area contributed by atoms with Gasteiger partial charge in [0, 0.05) is 62.3 Å². The number of nitrogens with zero attached hydrogens (tertiary/aromatic N) is 5. The first-order valence-electron chi connectivity index (χ1n) is 12.3. The summed E-state index contributed by atoms with van der Waals surface area (Å²) in [6.45, 7) is 7.48. The summed E-state index contributed by atoms with van der Waals surface area (Å²) in [6, 6.07) is 16.7. The van der Waals surface area contributed by atoms with Crippen molar-refractivity contribution >= 4 is 29.2 Å². The average molecular weight is 508 g/mol. The highest BCUT2D eigenvalue weighted by atomic mass is 32.2. The van der Waals surface area contributed by atoms with Crippen molar-refractivity contribution < 1.29 is 13.9 Å². The van der Waals surface area contributed by atoms with Crippen LogP contribution in [0.15, 0.2) is 59.8 Å². The van der Waals surface area contributed by atoms with Crippen LogP contribution >= 0.6 is 11.8 Å². The Kier molecular flexibility index (Phi) is 7.67. The molecule has 2 aliphatic rings. The number of halogens is 1. The van der Waals surface area contributed by atoms with Gasteiger partial charge in [0.15, 0.2) is 5.16 Å². The molecule has 0 bridgehead atoms. The van der Waals surface area contributed by atoms with Gasteiger partial charge in [-0.1, -0.05) is 36.0 Å². The third kappa shape index (κ3) is 5.79. The molecule has 7 nitrogen and oxygen atoms in total. The first-order chi connectivity index (χ1) is 17.6. The minimum Gasteiger partial charge on any atom is -0.378 e. The number of hydrogen-bond donors (Lipinski definition) is 0. The fraction of sp³-hybridized carbons (Fsp3) is 0.370. The van der Waals surface area contributed by atoms with Crippen LogP contribution in [0, 0.1) is 12.7 Å². The Balaban J connectivity index is 1.18. The Morgan fingerprint density at radius 1 is 0.944 bits per heavy atom. The highest BCUT2D eigenvalue weighted by molar-refractivity contribution is 7.98. The largest absolute Gasteiger partial charge is 0.378 e. The maximum atomic E-state index is 14.2. The minimum atomic E-state index is -0.180. The molecule has 1 amide bonds. The first kappa shape index (κ1) is 24.5. The lowest BCUT2D eigenvalue weighted by atomic mass is 10.1. The van der Waals surface area contributed by atoms with Crippen molar-refractivity contribution in [3.05, 3.63) is 77.2 Å². The SMILES string of the molecule is Cc1cc(N2CCN(c3ccccc3F)CC2)nc(SCc2ccc(C(=O)N3CCOCC3)cc2)n1. The maximum absolute atomic E-state index is 14.2. The Morgan fingerprint density at radius 2 is 1.64 bits per heavy atom. The van der Waals surface area contributed by atoms with E-state index >= 15 is 0 Å². The molecule has 0 spiro atoms. The lowest BCUT2D eigenvalue weighted by Gasteiger charge is -2.37. The second-order valence-corrected chi connectivity index (χ2v) is 9.91. The number of carbonyl (C=O) groups is 1. The van der Waals surface area contributed by atoms with Crippen LogP contribution in [0.5, 0.6) is 0 Å². The summed E-state index contributed by atoms with van der Waals surface area (Å²) in [4.78, 5) is 28.2. The number of ether oxygens (including phenoxy) is 1. The quantitative estimate of drug-likeness (QED) is 0.369. The van der Waals surface area contributed by atoms with E-state index in [0.717, 1.165) is 54.2 Å². The summed E-state index contributed by atoms with van der Waals surface area (Å²) in [5.74, 6) is 1.50. The molecule has 5 rings (SSSR count). The van der Waals surface area contributed by atoms with Gasteiger partial charge >= 0.3 is 0 Å². The minimum absolute atomic E-state index is 0.0549. The predicted molar refractivity (Wildman–Crippen MR) is 140 cm³/mol. The topological polar surface area (TPSA) is 61.8 Å². The third-order valence-electron chi connectivity index (χ3n) is 6.48. The van der Waals surface area contributed by atoms with Crippen molar-refractivity contribution in [1.29, 1.82) is 0 Å². The van der Waals surface area contributed by atoms with Gasteiger partial charge in [-0.25, -0.2) is 14.4 Å². The maximum Gasteiger partial charge on any atom is 0.254 e. The van der Waals surface area contributed by atoms with Gasteiger partial charge in [-0.15, -0.1) is 0 Å². The second kappa shape index (κ2) is 11.3. The number of aromatic nitrogens is 2. The molecular weight excluding hydrogens is 477 g/mol. The number of carbonyl (C=O) groups excluding carboxylic acids is 1. The van der Waals surface area contributed by atoms with E-state index < -0.39 is 0 Å². The molecule has 0 radical (unpaired) electrons. The average Bonchev–Trinajstić information content (AvgIpc) is 2.92. The predicted octanol–water partition coefficient (Wildman–Crippen LogP) is 4.02. The Morgan fingerprint density at radius 3 is 2.36 bits per heavy atom. The highest BCUT2D eigenvalue weighted by Gasteiger charge is 2.21. The molecule has 2 aromatic carbocycles. The molecule has 3 aromatic rings. The van der Waals surface area contributed by atoms with Crippen molar-refractivity contribution in [2.45, 2.75) is 17.8 Å². The monoisotopic (exact) mass is 507 g/mol. The molecule has 0 atom stereocenters. The number of rotatable bonds is 6. The molecule has 188 valence electrons. The molecular formula is C27H30FN5O2S. The molecule has 0 aliphatic carbocycles. The number of piperazine rings is 1. The molecule has 2 aliphatic heterocycles. The van der Waals surface area contributed by atoms with Gasteiger partial charge < -0.3 is 19.4 Å². The molecule has 2 fully saturated rings. The van der Waals surface area contributed by atoms with Crippen LogP contribution in [0.3, 0.4) is 0 Å². The fourth-order valence-electron chi connectivity index (χ4n) is 4.48. The fourth-order valence-corrected chi connectivity index (χ4v) is 5.33. The Hall–Kier alpha value is -3.17. The lowest BCUT2D eigenvalue weighted by molar-refractivity contribution is 0.0303. The first-order valence-corrected chi connectivity index (χ1v) is 13.2. The highest BCUT2D eigenvalue weighted by Crippen LogP contribution is 2.25. The lowest BCUT2D eigenvalue weighted by Crippen LogP contribution is -2.47. The van der Waals surface area contributed by atoms with Gasteiger partial charge in [-0.3, -0.25) is 4.79 Å². The second-order valence-electron chi connectivity index (χ2n) is 8.97. The van der Waals surface area contributed by atoms with Crippen LogP contribution in [0.4, 0.5) is 15.9 Å². The number of thioether (sulfide) groups is 1. The summed E-state index contributed by atoms with van der Waals surface area (Å²) >= 11 is 1.59. The summed E-state index contributed by atoms with van der Waals surface area (Å²) in [5.41, 5.74) is 3.40. The number of hydrogen-bond acceptors (Lipinski definition) is 7. The summed E-state index contributed by atoms with van der Waals surface area (Å²) in [5, 5.41) is 0.731. The van der Waals surface area contributed by atoms with E-state index in [-0.39, 0.29) is 11.7 Å². The van der Waals surface area contributed by atoms with Crippen molar-refractivity contribution in [3.63, 3.8) is 0 Å². The number of amides is 1. The molecule has 0 unspecified atom stereocenters. The molecule has 36 heavy (non-hydrogen) atoms. The van der Waals surface area contributed by atoms with E-state index in [1.807, 2.05) is 54.3 Å². The standard InChI is InChI=1S/C27H30FN5O2S/c1-20-18-25(32-12-10-31(11-13-32)24-5-3-2-4-23(24)28)30-27(29-20)36-19-21-6-8-22(9-7-21)26(34)33-14-16-35-17-15-33/h2-9,18H,10-17,19H2,1H3. The van der Waals surface area contributed by atoms with Crippen LogP contribution in [-0.4, -0.2) is 73.3 Å². The van der Waals surface area contributed by atoms with Crippen molar-refractivity contribution in [2.24, 2.45) is 0 Å². The van der Waals surface area contributed by atoms with Crippen molar-refractivity contribution in [2.75, 3.05) is 62.3 Å². The smallest absolute Gasteiger partial charge is 0.254 e. The summed E-state index contributed by atoms with van der Waals surface area (Å²) < 4.78 is 19.5. The van der Waals surface area contributed by atoms with E-state index in [9.17, 15) is 9.18 Å². The van der Waals surface area contributed by atoms with E-state index in [0.29, 0.717) is 37.6 Å². The molecule has 0 N–H and O–H groups in total. The van der Waals surface area contributed by atoms with Gasteiger partial charge in [0.05, 0.1) is 18.9 Å². The van der Waals surface area contributed by atoms with Gasteiger partial charge in [-0.05, 0) is 36.8 Å². The normalized spacial score (nSPS) is 16.3. The zero-order valence-electron chi connectivity index (χ0n) is 20.4. The zero-order valence-corrected chi connectivity index (χ0v) is 21.2. The summed E-state index contributed by atoms with van der Waals surface area (Å²) in [6.07, 6.45) is 0. The Bertz CT molecular complexity index is 1200. The van der Waals surface area contributed by atoms with Gasteiger partial charge in [0.1, 0.15) is 11.6 Å². The van der Waals surface area contributed by atoms with E-state index in [1.165, 1.54) is 6.07 Å². The molecule has 2 saturated heterocycles. The number of para-hydroxylation sites is 1.